The van der Waals surface area contributed by atoms with Crippen LogP contribution in [0, 0.1) is 6.20 Å². The average Bonchev–Trinajstić information content (AvgIpc) is 1.90. The Labute approximate surface area is 74.6 Å². The Morgan fingerprint density at radius 2 is 2.20 bits per heavy atom. The molecule has 0 aliphatic heterocycles. The fraction of sp³-hybridized carbons (Fsp3) is 0.375. The van der Waals surface area contributed by atoms with E-state index in [1.165, 1.54) is 5.56 Å². The third-order valence-corrected chi connectivity index (χ3v) is 1.31. The molecule has 0 aromatic carbocycles. The van der Waals surface area contributed by atoms with Gasteiger partial charge in [-0.05, 0) is 5.92 Å². The summed E-state index contributed by atoms with van der Waals surface area (Å²) < 4.78 is 0. The molecule has 0 unspecified atom stereocenters. The maximum Gasteiger partial charge on any atom is 0 e. The number of aromatic nitrogens is 1. The van der Waals surface area contributed by atoms with Gasteiger partial charge in [-0.25, -0.2) is 0 Å². The van der Waals surface area contributed by atoms with Gasteiger partial charge in [-0.1, -0.05) is 26.2 Å². The minimum atomic E-state index is 0. The van der Waals surface area contributed by atoms with Gasteiger partial charge in [-0.15, -0.1) is 5.56 Å². The molecule has 0 bridgehead atoms. The summed E-state index contributed by atoms with van der Waals surface area (Å²) in [5, 5.41) is 0. The van der Waals surface area contributed by atoms with Crippen LogP contribution in [0.25, 0.3) is 0 Å². The van der Waals surface area contributed by atoms with E-state index in [9.17, 15) is 0 Å². The van der Waals surface area contributed by atoms with E-state index in [1.54, 1.807) is 0 Å². The van der Waals surface area contributed by atoms with Crippen LogP contribution in [-0.2, 0) is 19.5 Å². The van der Waals surface area contributed by atoms with Crippen molar-refractivity contribution in [2.24, 2.45) is 0 Å². The van der Waals surface area contributed by atoms with E-state index in [2.05, 4.69) is 25.0 Å². The molecule has 1 radical (unpaired) electrons. The predicted octanol–water partition coefficient (Wildman–Crippen LogP) is 2.00. The standard InChI is InChI=1S/C8H10N.Rh/c1-7(2)8-4-3-5-9-6-8;/h3-4,6-7H,1-2H3;/q-1;. The molecule has 1 nitrogen and oxygen atoms in total. The molecule has 2 heteroatoms. The Hall–Kier alpha value is -0.227. The van der Waals surface area contributed by atoms with Crippen LogP contribution in [0.15, 0.2) is 18.3 Å². The van der Waals surface area contributed by atoms with Crippen molar-refractivity contribution in [1.29, 1.82) is 0 Å². The maximum atomic E-state index is 3.88. The van der Waals surface area contributed by atoms with Gasteiger partial charge in [0.2, 0.25) is 0 Å². The van der Waals surface area contributed by atoms with Crippen LogP contribution >= 0.6 is 0 Å². The Balaban J connectivity index is 0.000000810. The third kappa shape index (κ3) is 2.57. The van der Waals surface area contributed by atoms with Crippen LogP contribution in [-0.4, -0.2) is 4.98 Å². The summed E-state index contributed by atoms with van der Waals surface area (Å²) >= 11 is 0. The van der Waals surface area contributed by atoms with Gasteiger partial charge in [0.1, 0.15) is 0 Å². The largest absolute Gasteiger partial charge is 0.394 e. The van der Waals surface area contributed by atoms with E-state index in [4.69, 9.17) is 0 Å². The first kappa shape index (κ1) is 9.77. The minimum absolute atomic E-state index is 0. The van der Waals surface area contributed by atoms with E-state index in [-0.39, 0.29) is 19.5 Å². The number of rotatable bonds is 1. The molecule has 0 amide bonds. The van der Waals surface area contributed by atoms with Gasteiger partial charge in [-0.2, -0.15) is 12.1 Å². The summed E-state index contributed by atoms with van der Waals surface area (Å²) in [6.07, 6.45) is 4.59. The molecule has 0 spiro atoms. The molecule has 1 heterocycles. The summed E-state index contributed by atoms with van der Waals surface area (Å²) in [5.74, 6) is 0.576. The molecule has 57 valence electrons. The van der Waals surface area contributed by atoms with Crippen molar-refractivity contribution in [1.82, 2.24) is 4.98 Å². The Morgan fingerprint density at radius 3 is 2.50 bits per heavy atom. The normalized spacial score (nSPS) is 9.10. The van der Waals surface area contributed by atoms with Gasteiger partial charge in [0.25, 0.3) is 0 Å². The second-order valence-electron chi connectivity index (χ2n) is 2.38. The van der Waals surface area contributed by atoms with E-state index >= 15 is 0 Å². The molecular weight excluding hydrogens is 213 g/mol. The van der Waals surface area contributed by atoms with Crippen LogP contribution in [0.2, 0.25) is 0 Å². The minimum Gasteiger partial charge on any atom is -0.394 e. The van der Waals surface area contributed by atoms with Gasteiger partial charge in [0.05, 0.1) is 0 Å². The van der Waals surface area contributed by atoms with Gasteiger partial charge in [-0.3, -0.25) is 0 Å². The molecule has 1 aromatic heterocycles. The molecular formula is C8H10NRh-. The van der Waals surface area contributed by atoms with Crippen LogP contribution < -0.4 is 0 Å². The van der Waals surface area contributed by atoms with Crippen LogP contribution in [0.3, 0.4) is 0 Å². The molecule has 0 N–H and O–H groups in total. The van der Waals surface area contributed by atoms with Crippen LogP contribution in [0.1, 0.15) is 25.3 Å². The van der Waals surface area contributed by atoms with Crippen LogP contribution in [0.4, 0.5) is 0 Å². The Morgan fingerprint density at radius 1 is 1.50 bits per heavy atom. The summed E-state index contributed by atoms with van der Waals surface area (Å²) in [6.45, 7) is 4.30. The Kier molecular flexibility index (Phi) is 4.46. The zero-order valence-electron chi connectivity index (χ0n) is 6.09. The molecule has 10 heavy (non-hydrogen) atoms. The van der Waals surface area contributed by atoms with Crippen LogP contribution in [0.5, 0.6) is 0 Å². The zero-order valence-corrected chi connectivity index (χ0v) is 7.73. The van der Waals surface area contributed by atoms with E-state index in [0.717, 1.165) is 0 Å². The molecule has 0 aliphatic carbocycles. The first-order valence-electron chi connectivity index (χ1n) is 3.12. The van der Waals surface area contributed by atoms with Crippen molar-refractivity contribution < 1.29 is 19.5 Å². The quantitative estimate of drug-likeness (QED) is 0.524. The molecule has 0 aliphatic rings. The first-order chi connectivity index (χ1) is 4.30. The molecule has 0 saturated carbocycles. The predicted molar refractivity (Wildman–Crippen MR) is 37.2 cm³/mol. The van der Waals surface area contributed by atoms with Crippen molar-refractivity contribution in [2.75, 3.05) is 0 Å². The second kappa shape index (κ2) is 4.57. The van der Waals surface area contributed by atoms with Crippen molar-refractivity contribution >= 4 is 0 Å². The topological polar surface area (TPSA) is 12.9 Å². The van der Waals surface area contributed by atoms with Crippen molar-refractivity contribution in [3.63, 3.8) is 0 Å². The summed E-state index contributed by atoms with van der Waals surface area (Å²) in [4.78, 5) is 3.88. The van der Waals surface area contributed by atoms with E-state index in [1.807, 2.05) is 18.3 Å². The van der Waals surface area contributed by atoms with Gasteiger partial charge in [0.15, 0.2) is 0 Å². The van der Waals surface area contributed by atoms with Crippen molar-refractivity contribution in [3.8, 4) is 0 Å². The SMILES string of the molecule is CC(C)c1cc[c-]nc1.[Rh]. The van der Waals surface area contributed by atoms with E-state index < -0.39 is 0 Å². The van der Waals surface area contributed by atoms with Gasteiger partial charge in [0, 0.05) is 19.5 Å². The summed E-state index contributed by atoms with van der Waals surface area (Å²) in [7, 11) is 0. The second-order valence-corrected chi connectivity index (χ2v) is 2.38. The number of hydrogen-bond acceptors (Lipinski definition) is 1. The smallest absolute Gasteiger partial charge is 0 e. The van der Waals surface area contributed by atoms with Crippen molar-refractivity contribution in [2.45, 2.75) is 19.8 Å². The molecule has 1 aromatic rings. The molecule has 0 atom stereocenters. The Bertz CT molecular complexity index is 172. The molecule has 0 fully saturated rings. The number of nitrogens with zero attached hydrogens (tertiary/aromatic N) is 1. The monoisotopic (exact) mass is 223 g/mol. The molecule has 0 saturated heterocycles. The molecule has 1 rings (SSSR count). The number of hydrogen-bond donors (Lipinski definition) is 0. The fourth-order valence-electron chi connectivity index (χ4n) is 0.673. The van der Waals surface area contributed by atoms with E-state index in [0.29, 0.717) is 5.92 Å². The van der Waals surface area contributed by atoms with Gasteiger partial charge < -0.3 is 4.98 Å². The zero-order chi connectivity index (χ0) is 6.69. The summed E-state index contributed by atoms with van der Waals surface area (Å²) in [5.41, 5.74) is 1.27. The fourth-order valence-corrected chi connectivity index (χ4v) is 0.673. The number of pyridine rings is 1. The third-order valence-electron chi connectivity index (χ3n) is 1.31. The first-order valence-corrected chi connectivity index (χ1v) is 3.12. The van der Waals surface area contributed by atoms with Gasteiger partial charge >= 0.3 is 0 Å². The van der Waals surface area contributed by atoms with Crippen molar-refractivity contribution in [3.05, 3.63) is 30.1 Å². The average molecular weight is 223 g/mol. The summed E-state index contributed by atoms with van der Waals surface area (Å²) in [6, 6.07) is 3.88. The maximum absolute atomic E-state index is 3.88.